The van der Waals surface area contributed by atoms with Gasteiger partial charge in [-0.25, -0.2) is 4.39 Å². The van der Waals surface area contributed by atoms with E-state index in [-0.39, 0.29) is 11.7 Å². The van der Waals surface area contributed by atoms with Gasteiger partial charge >= 0.3 is 0 Å². The van der Waals surface area contributed by atoms with E-state index in [1.54, 1.807) is 25.3 Å². The fourth-order valence-corrected chi connectivity index (χ4v) is 4.06. The molecule has 0 bridgehead atoms. The van der Waals surface area contributed by atoms with Crippen LogP contribution in [0.5, 0.6) is 11.5 Å². The number of methoxy groups -OCH3 is 2. The Kier molecular flexibility index (Phi) is 5.74. The number of hydrogen-bond acceptors (Lipinski definition) is 3. The van der Waals surface area contributed by atoms with Gasteiger partial charge in [-0.05, 0) is 66.3 Å². The number of rotatable bonds is 5. The number of hydrogen-bond donors (Lipinski definition) is 1. The maximum absolute atomic E-state index is 13.8. The minimum absolute atomic E-state index is 0.0507. The number of piperidine rings is 1. The average molecular weight is 408 g/mol. The third-order valence-electron chi connectivity index (χ3n) is 5.76. The summed E-state index contributed by atoms with van der Waals surface area (Å²) in [5.41, 5.74) is 3.00. The summed E-state index contributed by atoms with van der Waals surface area (Å²) in [5.74, 6) is 0.939. The Bertz CT molecular complexity index is 1080. The van der Waals surface area contributed by atoms with Gasteiger partial charge in [-0.15, -0.1) is 0 Å². The van der Waals surface area contributed by atoms with Crippen LogP contribution in [-0.2, 0) is 4.79 Å². The Labute approximate surface area is 175 Å². The van der Waals surface area contributed by atoms with Gasteiger partial charge < -0.3 is 19.4 Å². The number of ether oxygens (including phenoxy) is 2. The van der Waals surface area contributed by atoms with Crippen molar-refractivity contribution in [3.05, 3.63) is 65.6 Å². The first-order valence-electron chi connectivity index (χ1n) is 10.0. The van der Waals surface area contributed by atoms with Gasteiger partial charge in [0.25, 0.3) is 0 Å². The summed E-state index contributed by atoms with van der Waals surface area (Å²) in [5, 5.41) is 1.18. The number of carbonyl (C=O) groups excluding carboxylic acids is 1. The van der Waals surface area contributed by atoms with Gasteiger partial charge in [0.05, 0.1) is 14.2 Å². The van der Waals surface area contributed by atoms with Gasteiger partial charge in [0.1, 0.15) is 5.75 Å². The molecule has 0 atom stereocenters. The smallest absolute Gasteiger partial charge is 0.246 e. The molecule has 1 aromatic heterocycles. The number of nitrogens with one attached hydrogen (secondary N) is 1. The fraction of sp³-hybridized carbons (Fsp3) is 0.292. The standard InChI is InChI=1S/C24H25FN2O3/c1-29-18-5-6-22-19(14-18)20(15-26-22)17-9-11-27(12-10-17)24(28)8-4-16-3-7-23(30-2)21(25)13-16/h3-8,13-15,17,26H,9-12H2,1-2H3/b8-4+. The molecule has 2 heterocycles. The van der Waals surface area contributed by atoms with E-state index in [1.165, 1.54) is 30.2 Å². The van der Waals surface area contributed by atoms with Crippen molar-refractivity contribution in [1.29, 1.82) is 0 Å². The molecule has 1 aliphatic heterocycles. The number of H-pyrrole nitrogens is 1. The highest BCUT2D eigenvalue weighted by atomic mass is 19.1. The van der Waals surface area contributed by atoms with Crippen LogP contribution in [0.2, 0.25) is 0 Å². The first-order valence-corrected chi connectivity index (χ1v) is 10.0. The summed E-state index contributed by atoms with van der Waals surface area (Å²) >= 11 is 0. The lowest BCUT2D eigenvalue weighted by molar-refractivity contribution is -0.126. The lowest BCUT2D eigenvalue weighted by Crippen LogP contribution is -2.36. The number of nitrogens with zero attached hydrogens (tertiary/aromatic N) is 1. The van der Waals surface area contributed by atoms with Gasteiger partial charge in [-0.3, -0.25) is 4.79 Å². The highest BCUT2D eigenvalue weighted by Gasteiger charge is 2.24. The summed E-state index contributed by atoms with van der Waals surface area (Å²) in [6.45, 7) is 1.39. The molecule has 2 aromatic carbocycles. The lowest BCUT2D eigenvalue weighted by atomic mass is 9.89. The van der Waals surface area contributed by atoms with Crippen LogP contribution in [0.25, 0.3) is 17.0 Å². The SMILES string of the molecule is COc1ccc2[nH]cc(C3CCN(C(=O)/C=C/c4ccc(OC)c(F)c4)CC3)c2c1. The van der Waals surface area contributed by atoms with Crippen molar-refractivity contribution < 1.29 is 18.7 Å². The number of aromatic nitrogens is 1. The van der Waals surface area contributed by atoms with E-state index in [9.17, 15) is 9.18 Å². The molecule has 1 saturated heterocycles. The van der Waals surface area contributed by atoms with Crippen LogP contribution >= 0.6 is 0 Å². The second-order valence-electron chi connectivity index (χ2n) is 7.48. The summed E-state index contributed by atoms with van der Waals surface area (Å²) in [4.78, 5) is 17.8. The summed E-state index contributed by atoms with van der Waals surface area (Å²) in [7, 11) is 3.10. The van der Waals surface area contributed by atoms with Gasteiger partial charge in [0, 0.05) is 36.3 Å². The van der Waals surface area contributed by atoms with Crippen molar-refractivity contribution in [3.8, 4) is 11.5 Å². The van der Waals surface area contributed by atoms with Crippen molar-refractivity contribution in [2.45, 2.75) is 18.8 Å². The molecule has 1 N–H and O–H groups in total. The van der Waals surface area contributed by atoms with Crippen molar-refractivity contribution in [2.24, 2.45) is 0 Å². The minimum Gasteiger partial charge on any atom is -0.497 e. The molecule has 0 unspecified atom stereocenters. The number of fused-ring (bicyclic) bond motifs is 1. The molecule has 3 aromatic rings. The molecule has 1 amide bonds. The molecule has 6 heteroatoms. The van der Waals surface area contributed by atoms with E-state index in [1.807, 2.05) is 17.0 Å². The summed E-state index contributed by atoms with van der Waals surface area (Å²) in [6, 6.07) is 10.7. The highest BCUT2D eigenvalue weighted by molar-refractivity contribution is 5.92. The van der Waals surface area contributed by atoms with E-state index in [4.69, 9.17) is 9.47 Å². The number of benzene rings is 2. The maximum atomic E-state index is 13.8. The molecule has 5 nitrogen and oxygen atoms in total. The molecule has 0 radical (unpaired) electrons. The van der Waals surface area contributed by atoms with Crippen LogP contribution < -0.4 is 9.47 Å². The molecule has 1 fully saturated rings. The Hall–Kier alpha value is -3.28. The van der Waals surface area contributed by atoms with Gasteiger partial charge in [-0.1, -0.05) is 6.07 Å². The number of aromatic amines is 1. The lowest BCUT2D eigenvalue weighted by Gasteiger charge is -2.31. The molecule has 1 aliphatic rings. The van der Waals surface area contributed by atoms with Crippen LogP contribution in [0.3, 0.4) is 0 Å². The number of halogens is 1. The first-order chi connectivity index (χ1) is 14.6. The van der Waals surface area contributed by atoms with Crippen molar-refractivity contribution in [1.82, 2.24) is 9.88 Å². The molecular weight excluding hydrogens is 383 g/mol. The fourth-order valence-electron chi connectivity index (χ4n) is 4.06. The average Bonchev–Trinajstić information content (AvgIpc) is 3.20. The van der Waals surface area contributed by atoms with E-state index in [0.717, 1.165) is 24.1 Å². The monoisotopic (exact) mass is 408 g/mol. The maximum Gasteiger partial charge on any atom is 0.246 e. The normalized spacial score (nSPS) is 15.1. The van der Waals surface area contributed by atoms with Gasteiger partial charge in [-0.2, -0.15) is 0 Å². The summed E-state index contributed by atoms with van der Waals surface area (Å²) < 4.78 is 24.1. The summed E-state index contributed by atoms with van der Waals surface area (Å²) in [6.07, 6.45) is 7.03. The third-order valence-corrected chi connectivity index (χ3v) is 5.76. The van der Waals surface area contributed by atoms with Crippen LogP contribution in [0.15, 0.2) is 48.7 Å². The van der Waals surface area contributed by atoms with Gasteiger partial charge in [0.15, 0.2) is 11.6 Å². The predicted octanol–water partition coefficient (Wildman–Crippen LogP) is 4.74. The van der Waals surface area contributed by atoms with Crippen molar-refractivity contribution >= 4 is 22.9 Å². The van der Waals surface area contributed by atoms with Gasteiger partial charge in [0.2, 0.25) is 5.91 Å². The van der Waals surface area contributed by atoms with E-state index in [0.29, 0.717) is 24.6 Å². The second-order valence-corrected chi connectivity index (χ2v) is 7.48. The Morgan fingerprint density at radius 3 is 2.63 bits per heavy atom. The van der Waals surface area contributed by atoms with Crippen LogP contribution in [0.1, 0.15) is 29.9 Å². The number of amides is 1. The molecule has 156 valence electrons. The van der Waals surface area contributed by atoms with E-state index >= 15 is 0 Å². The van der Waals surface area contributed by atoms with Crippen LogP contribution in [0, 0.1) is 5.82 Å². The number of likely N-dealkylation sites (tertiary alicyclic amines) is 1. The molecular formula is C24H25FN2O3. The third kappa shape index (κ3) is 4.03. The zero-order chi connectivity index (χ0) is 21.1. The quantitative estimate of drug-likeness (QED) is 0.620. The first kappa shape index (κ1) is 20.0. The molecule has 30 heavy (non-hydrogen) atoms. The molecule has 0 aliphatic carbocycles. The van der Waals surface area contributed by atoms with Crippen molar-refractivity contribution in [3.63, 3.8) is 0 Å². The zero-order valence-corrected chi connectivity index (χ0v) is 17.2. The largest absolute Gasteiger partial charge is 0.497 e. The second kappa shape index (κ2) is 8.61. The predicted molar refractivity (Wildman–Crippen MR) is 115 cm³/mol. The van der Waals surface area contributed by atoms with E-state index in [2.05, 4.69) is 17.2 Å². The Morgan fingerprint density at radius 1 is 1.13 bits per heavy atom. The minimum atomic E-state index is -0.441. The zero-order valence-electron chi connectivity index (χ0n) is 17.2. The molecule has 0 spiro atoms. The topological polar surface area (TPSA) is 54.6 Å². The van der Waals surface area contributed by atoms with Crippen LogP contribution in [-0.4, -0.2) is 43.1 Å². The van der Waals surface area contributed by atoms with E-state index < -0.39 is 5.82 Å². The van der Waals surface area contributed by atoms with Crippen molar-refractivity contribution in [2.75, 3.05) is 27.3 Å². The molecule has 0 saturated carbocycles. The van der Waals surface area contributed by atoms with Crippen LogP contribution in [0.4, 0.5) is 4.39 Å². The highest BCUT2D eigenvalue weighted by Crippen LogP contribution is 2.34. The Balaban J connectivity index is 1.39. The number of carbonyl (C=O) groups is 1. The Morgan fingerprint density at radius 2 is 1.93 bits per heavy atom. The molecule has 4 rings (SSSR count).